The number of benzene rings is 2. The second-order valence-electron chi connectivity index (χ2n) is 7.26. The lowest BCUT2D eigenvalue weighted by Crippen LogP contribution is -2.36. The topological polar surface area (TPSA) is 58.6 Å². The molecule has 1 fully saturated rings. The highest BCUT2D eigenvalue weighted by Crippen LogP contribution is 2.30. The summed E-state index contributed by atoms with van der Waals surface area (Å²) in [5.74, 6) is -0.171. The van der Waals surface area contributed by atoms with Crippen LogP contribution >= 0.6 is 11.6 Å². The number of nitrogens with zero attached hydrogens (tertiary/aromatic N) is 1. The number of hydrogen-bond acceptors (Lipinski definition) is 3. The molecule has 2 aromatic carbocycles. The fourth-order valence-electron chi connectivity index (χ4n) is 3.84. The number of amides is 2. The SMILES string of the molecule is O=C(NCC1CCCO1)c1ccc2c(c1)CCCN2C(=O)c1cccc(Cl)c1. The van der Waals surface area contributed by atoms with Gasteiger partial charge in [-0.15, -0.1) is 0 Å². The van der Waals surface area contributed by atoms with E-state index in [4.69, 9.17) is 16.3 Å². The summed E-state index contributed by atoms with van der Waals surface area (Å²) in [5.41, 5.74) is 3.07. The van der Waals surface area contributed by atoms with E-state index in [0.29, 0.717) is 29.2 Å². The molecule has 2 aromatic rings. The molecule has 0 saturated carbocycles. The van der Waals surface area contributed by atoms with E-state index in [1.165, 1.54) is 0 Å². The molecule has 146 valence electrons. The highest BCUT2D eigenvalue weighted by atomic mass is 35.5. The third-order valence-corrected chi connectivity index (χ3v) is 5.53. The number of nitrogens with one attached hydrogen (secondary N) is 1. The molecule has 0 bridgehead atoms. The Morgan fingerprint density at radius 3 is 2.82 bits per heavy atom. The Kier molecular flexibility index (Phi) is 5.64. The second kappa shape index (κ2) is 8.33. The standard InChI is InChI=1S/C22H23ClN2O3/c23-18-6-1-4-17(13-18)22(27)25-10-2-5-15-12-16(8-9-20(15)25)21(26)24-14-19-7-3-11-28-19/h1,4,6,8-9,12-13,19H,2-3,5,7,10-11,14H2,(H,24,26). The van der Waals surface area contributed by atoms with E-state index in [2.05, 4.69) is 5.32 Å². The van der Waals surface area contributed by atoms with Crippen LogP contribution in [0.2, 0.25) is 5.02 Å². The van der Waals surface area contributed by atoms with Gasteiger partial charge in [0.25, 0.3) is 11.8 Å². The van der Waals surface area contributed by atoms with Crippen molar-refractivity contribution in [3.05, 3.63) is 64.2 Å². The van der Waals surface area contributed by atoms with Gasteiger partial charge in [-0.2, -0.15) is 0 Å². The van der Waals surface area contributed by atoms with Crippen molar-refractivity contribution in [3.63, 3.8) is 0 Å². The molecule has 1 saturated heterocycles. The van der Waals surface area contributed by atoms with E-state index in [0.717, 1.165) is 43.5 Å². The van der Waals surface area contributed by atoms with Crippen LogP contribution < -0.4 is 10.2 Å². The first-order valence-electron chi connectivity index (χ1n) is 9.72. The number of halogens is 1. The molecule has 2 aliphatic heterocycles. The van der Waals surface area contributed by atoms with Crippen molar-refractivity contribution in [2.24, 2.45) is 0 Å². The molecule has 0 aromatic heterocycles. The van der Waals surface area contributed by atoms with Crippen molar-refractivity contribution in [1.82, 2.24) is 5.32 Å². The van der Waals surface area contributed by atoms with E-state index in [9.17, 15) is 9.59 Å². The van der Waals surface area contributed by atoms with Gasteiger partial charge in [0.2, 0.25) is 0 Å². The van der Waals surface area contributed by atoms with Crippen LogP contribution in [-0.2, 0) is 11.2 Å². The van der Waals surface area contributed by atoms with Gasteiger partial charge in [0.15, 0.2) is 0 Å². The van der Waals surface area contributed by atoms with Gasteiger partial charge in [0, 0.05) is 41.5 Å². The molecule has 6 heteroatoms. The lowest BCUT2D eigenvalue weighted by molar-refractivity contribution is 0.0857. The first kappa shape index (κ1) is 19.0. The average molecular weight is 399 g/mol. The van der Waals surface area contributed by atoms with Crippen LogP contribution in [0.3, 0.4) is 0 Å². The number of carbonyl (C=O) groups is 2. The number of carbonyl (C=O) groups excluding carboxylic acids is 2. The number of ether oxygens (including phenoxy) is 1. The van der Waals surface area contributed by atoms with Crippen LogP contribution in [0, 0.1) is 0 Å². The molecular formula is C22H23ClN2O3. The molecule has 1 atom stereocenters. The maximum absolute atomic E-state index is 13.0. The van der Waals surface area contributed by atoms with Gasteiger partial charge >= 0.3 is 0 Å². The summed E-state index contributed by atoms with van der Waals surface area (Å²) < 4.78 is 5.55. The van der Waals surface area contributed by atoms with Crippen LogP contribution in [0.4, 0.5) is 5.69 Å². The highest BCUT2D eigenvalue weighted by molar-refractivity contribution is 6.31. The van der Waals surface area contributed by atoms with E-state index >= 15 is 0 Å². The summed E-state index contributed by atoms with van der Waals surface area (Å²) in [6, 6.07) is 12.6. The molecule has 1 N–H and O–H groups in total. The molecule has 5 nitrogen and oxygen atoms in total. The number of aryl methyl sites for hydroxylation is 1. The van der Waals surface area contributed by atoms with Crippen LogP contribution in [0.25, 0.3) is 0 Å². The third kappa shape index (κ3) is 4.05. The Morgan fingerprint density at radius 2 is 2.04 bits per heavy atom. The first-order chi connectivity index (χ1) is 13.6. The predicted octanol–water partition coefficient (Wildman–Crippen LogP) is 3.84. The smallest absolute Gasteiger partial charge is 0.258 e. The van der Waals surface area contributed by atoms with E-state index < -0.39 is 0 Å². The predicted molar refractivity (Wildman–Crippen MR) is 109 cm³/mol. The van der Waals surface area contributed by atoms with Crippen molar-refractivity contribution in [3.8, 4) is 0 Å². The first-order valence-corrected chi connectivity index (χ1v) is 10.1. The van der Waals surface area contributed by atoms with Crippen LogP contribution in [0.15, 0.2) is 42.5 Å². The maximum atomic E-state index is 13.0. The van der Waals surface area contributed by atoms with Gasteiger partial charge in [0.1, 0.15) is 0 Å². The van der Waals surface area contributed by atoms with E-state index in [1.807, 2.05) is 12.1 Å². The molecule has 1 unspecified atom stereocenters. The number of rotatable bonds is 4. The zero-order chi connectivity index (χ0) is 19.5. The lowest BCUT2D eigenvalue weighted by atomic mass is 9.98. The molecule has 4 rings (SSSR count). The summed E-state index contributed by atoms with van der Waals surface area (Å²) in [6.45, 7) is 1.97. The Morgan fingerprint density at radius 1 is 1.14 bits per heavy atom. The van der Waals surface area contributed by atoms with Crippen molar-refractivity contribution < 1.29 is 14.3 Å². The second-order valence-corrected chi connectivity index (χ2v) is 7.70. The molecular weight excluding hydrogens is 376 g/mol. The molecule has 2 heterocycles. The largest absolute Gasteiger partial charge is 0.376 e. The third-order valence-electron chi connectivity index (χ3n) is 5.29. The van der Waals surface area contributed by atoms with E-state index in [1.54, 1.807) is 35.2 Å². The van der Waals surface area contributed by atoms with Crippen LogP contribution in [0.5, 0.6) is 0 Å². The van der Waals surface area contributed by atoms with Gasteiger partial charge < -0.3 is 15.0 Å². The Hall–Kier alpha value is -2.37. The molecule has 2 amide bonds. The van der Waals surface area contributed by atoms with Gasteiger partial charge in [-0.1, -0.05) is 17.7 Å². The summed E-state index contributed by atoms with van der Waals surface area (Å²) in [5, 5.41) is 3.50. The zero-order valence-electron chi connectivity index (χ0n) is 15.6. The monoisotopic (exact) mass is 398 g/mol. The Bertz CT molecular complexity index is 893. The summed E-state index contributed by atoms with van der Waals surface area (Å²) in [6.07, 6.45) is 3.87. The van der Waals surface area contributed by atoms with Gasteiger partial charge in [0.05, 0.1) is 6.10 Å². The van der Waals surface area contributed by atoms with Crippen LogP contribution in [0.1, 0.15) is 45.5 Å². The summed E-state index contributed by atoms with van der Waals surface area (Å²) in [7, 11) is 0. The summed E-state index contributed by atoms with van der Waals surface area (Å²) >= 11 is 6.04. The molecule has 28 heavy (non-hydrogen) atoms. The Balaban J connectivity index is 1.50. The maximum Gasteiger partial charge on any atom is 0.258 e. The summed E-state index contributed by atoms with van der Waals surface area (Å²) in [4.78, 5) is 27.2. The number of hydrogen-bond donors (Lipinski definition) is 1. The fraction of sp³-hybridized carbons (Fsp3) is 0.364. The normalized spacial score (nSPS) is 18.6. The zero-order valence-corrected chi connectivity index (χ0v) is 16.4. The van der Waals surface area contributed by atoms with Crippen molar-refractivity contribution in [1.29, 1.82) is 0 Å². The van der Waals surface area contributed by atoms with E-state index in [-0.39, 0.29) is 17.9 Å². The van der Waals surface area contributed by atoms with Gasteiger partial charge in [-0.25, -0.2) is 0 Å². The quantitative estimate of drug-likeness (QED) is 0.851. The fourth-order valence-corrected chi connectivity index (χ4v) is 4.03. The minimum Gasteiger partial charge on any atom is -0.376 e. The molecule has 0 spiro atoms. The Labute approximate surface area is 169 Å². The molecule has 2 aliphatic rings. The minimum absolute atomic E-state index is 0.0703. The van der Waals surface area contributed by atoms with Gasteiger partial charge in [-0.05, 0) is 67.6 Å². The lowest BCUT2D eigenvalue weighted by Gasteiger charge is -2.30. The van der Waals surface area contributed by atoms with Gasteiger partial charge in [-0.3, -0.25) is 9.59 Å². The van der Waals surface area contributed by atoms with Crippen molar-refractivity contribution in [2.45, 2.75) is 31.8 Å². The average Bonchev–Trinajstić information content (AvgIpc) is 3.24. The van der Waals surface area contributed by atoms with Crippen molar-refractivity contribution >= 4 is 29.1 Å². The van der Waals surface area contributed by atoms with Crippen molar-refractivity contribution in [2.75, 3.05) is 24.6 Å². The number of fused-ring (bicyclic) bond motifs is 1. The minimum atomic E-state index is -0.100. The number of anilines is 1. The highest BCUT2D eigenvalue weighted by Gasteiger charge is 2.25. The molecule has 0 radical (unpaired) electrons. The van der Waals surface area contributed by atoms with Crippen LogP contribution in [-0.4, -0.2) is 37.6 Å². The molecule has 0 aliphatic carbocycles.